The van der Waals surface area contributed by atoms with Gasteiger partial charge in [-0.05, 0) is 17.7 Å². The second-order valence-corrected chi connectivity index (χ2v) is 4.96. The molecule has 1 atom stereocenters. The molecule has 1 aliphatic rings. The first-order valence-electron chi connectivity index (χ1n) is 7.06. The monoisotopic (exact) mass is 300 g/mol. The largest absolute Gasteiger partial charge is 0.459 e. The fourth-order valence-electron chi connectivity index (χ4n) is 2.33. The second-order valence-electron chi connectivity index (χ2n) is 4.96. The number of nitrogens with one attached hydrogen (secondary N) is 1. The van der Waals surface area contributed by atoms with Crippen LogP contribution in [0.15, 0.2) is 53.1 Å². The molecular weight excluding hydrogens is 284 g/mol. The van der Waals surface area contributed by atoms with Crippen LogP contribution in [0, 0.1) is 0 Å². The van der Waals surface area contributed by atoms with Crippen molar-refractivity contribution in [3.05, 3.63) is 60.1 Å². The third-order valence-corrected chi connectivity index (χ3v) is 3.47. The molecule has 0 aliphatic carbocycles. The molecular formula is C16H16N2O4. The summed E-state index contributed by atoms with van der Waals surface area (Å²) < 4.78 is 10.3. The normalized spacial score (nSPS) is 17.4. The number of rotatable bonds is 5. The Morgan fingerprint density at radius 1 is 1.23 bits per heavy atom. The molecule has 2 amide bonds. The summed E-state index contributed by atoms with van der Waals surface area (Å²) in [5.41, 5.74) is 0.970. The van der Waals surface area contributed by atoms with E-state index in [0.717, 1.165) is 5.56 Å². The summed E-state index contributed by atoms with van der Waals surface area (Å²) in [7, 11) is 0. The molecule has 1 aliphatic heterocycles. The van der Waals surface area contributed by atoms with E-state index in [1.165, 1.54) is 6.26 Å². The van der Waals surface area contributed by atoms with Crippen LogP contribution >= 0.6 is 0 Å². The summed E-state index contributed by atoms with van der Waals surface area (Å²) in [4.78, 5) is 25.1. The van der Waals surface area contributed by atoms with Crippen LogP contribution in [-0.2, 0) is 4.74 Å². The minimum Gasteiger partial charge on any atom is -0.459 e. The highest BCUT2D eigenvalue weighted by atomic mass is 16.6. The van der Waals surface area contributed by atoms with Gasteiger partial charge in [0.05, 0.1) is 12.8 Å². The zero-order valence-electron chi connectivity index (χ0n) is 11.9. The van der Waals surface area contributed by atoms with Crippen LogP contribution in [0.1, 0.15) is 22.2 Å². The van der Waals surface area contributed by atoms with Gasteiger partial charge in [0.2, 0.25) is 0 Å². The van der Waals surface area contributed by atoms with Gasteiger partial charge in [-0.2, -0.15) is 0 Å². The van der Waals surface area contributed by atoms with Gasteiger partial charge < -0.3 is 19.4 Å². The number of nitrogens with zero attached hydrogens (tertiary/aromatic N) is 1. The van der Waals surface area contributed by atoms with E-state index in [4.69, 9.17) is 9.15 Å². The summed E-state index contributed by atoms with van der Waals surface area (Å²) in [6.45, 7) is 1.23. The average molecular weight is 300 g/mol. The number of carbonyl (C=O) groups is 2. The summed E-state index contributed by atoms with van der Waals surface area (Å²) in [5.74, 6) is -0.0386. The van der Waals surface area contributed by atoms with Crippen LogP contribution in [-0.4, -0.2) is 36.5 Å². The topological polar surface area (TPSA) is 71.8 Å². The predicted molar refractivity (Wildman–Crippen MR) is 78.3 cm³/mol. The van der Waals surface area contributed by atoms with Crippen molar-refractivity contribution in [3.8, 4) is 0 Å². The van der Waals surface area contributed by atoms with Gasteiger partial charge in [0.15, 0.2) is 5.76 Å². The second kappa shape index (κ2) is 6.34. The molecule has 1 fully saturated rings. The first kappa shape index (κ1) is 14.2. The highest BCUT2D eigenvalue weighted by Crippen LogP contribution is 2.25. The first-order valence-corrected chi connectivity index (χ1v) is 7.06. The van der Waals surface area contributed by atoms with Gasteiger partial charge in [0.1, 0.15) is 6.10 Å². The molecule has 1 N–H and O–H groups in total. The smallest absolute Gasteiger partial charge is 0.410 e. The number of carbonyl (C=O) groups excluding carboxylic acids is 2. The lowest BCUT2D eigenvalue weighted by Crippen LogP contribution is -2.35. The molecule has 22 heavy (non-hydrogen) atoms. The SMILES string of the molecule is O=C(NCCN1CC(c2ccccc2)OC1=O)c1ccco1. The van der Waals surface area contributed by atoms with Gasteiger partial charge in [0.25, 0.3) is 5.91 Å². The molecule has 0 saturated carbocycles. The minimum absolute atomic E-state index is 0.255. The third-order valence-electron chi connectivity index (χ3n) is 3.47. The lowest BCUT2D eigenvalue weighted by molar-refractivity contribution is 0.0921. The van der Waals surface area contributed by atoms with E-state index < -0.39 is 0 Å². The van der Waals surface area contributed by atoms with Crippen molar-refractivity contribution < 1.29 is 18.7 Å². The summed E-state index contributed by atoms with van der Waals surface area (Å²) in [5, 5.41) is 2.70. The Morgan fingerprint density at radius 2 is 2.05 bits per heavy atom. The zero-order chi connectivity index (χ0) is 15.4. The summed E-state index contributed by atoms with van der Waals surface area (Å²) in [6.07, 6.45) is 0.826. The Kier molecular flexibility index (Phi) is 4.09. The van der Waals surface area contributed by atoms with Gasteiger partial charge in [-0.1, -0.05) is 30.3 Å². The molecule has 3 rings (SSSR count). The fraction of sp³-hybridized carbons (Fsp3) is 0.250. The van der Waals surface area contributed by atoms with Crippen molar-refractivity contribution in [1.82, 2.24) is 10.2 Å². The number of amides is 2. The molecule has 1 aromatic carbocycles. The molecule has 0 radical (unpaired) electrons. The van der Waals surface area contributed by atoms with Gasteiger partial charge in [-0.25, -0.2) is 4.79 Å². The maximum Gasteiger partial charge on any atom is 0.410 e. The zero-order valence-corrected chi connectivity index (χ0v) is 11.9. The summed E-state index contributed by atoms with van der Waals surface area (Å²) in [6, 6.07) is 12.8. The Balaban J connectivity index is 1.49. The standard InChI is InChI=1S/C16H16N2O4/c19-15(13-7-4-10-21-13)17-8-9-18-11-14(22-16(18)20)12-5-2-1-3-6-12/h1-7,10,14H,8-9,11H2,(H,17,19). The number of benzene rings is 1. The van der Waals surface area contributed by atoms with E-state index in [-0.39, 0.29) is 23.9 Å². The lowest BCUT2D eigenvalue weighted by Gasteiger charge is -2.13. The van der Waals surface area contributed by atoms with Crippen LogP contribution in [0.25, 0.3) is 0 Å². The molecule has 1 saturated heterocycles. The van der Waals surface area contributed by atoms with Gasteiger partial charge in [-0.15, -0.1) is 0 Å². The average Bonchev–Trinajstić information content (AvgIpc) is 3.18. The molecule has 6 heteroatoms. The van der Waals surface area contributed by atoms with Crippen LogP contribution in [0.2, 0.25) is 0 Å². The van der Waals surface area contributed by atoms with Crippen LogP contribution in [0.5, 0.6) is 0 Å². The maximum absolute atomic E-state index is 11.8. The number of hydrogen-bond donors (Lipinski definition) is 1. The number of cyclic esters (lactones) is 1. The van der Waals surface area contributed by atoms with Gasteiger partial charge >= 0.3 is 6.09 Å². The van der Waals surface area contributed by atoms with E-state index in [1.54, 1.807) is 17.0 Å². The Hall–Kier alpha value is -2.76. The Bertz CT molecular complexity index is 639. The number of furan rings is 1. The van der Waals surface area contributed by atoms with Crippen molar-refractivity contribution in [2.24, 2.45) is 0 Å². The molecule has 1 aromatic heterocycles. The van der Waals surface area contributed by atoms with E-state index in [1.807, 2.05) is 30.3 Å². The molecule has 2 heterocycles. The van der Waals surface area contributed by atoms with Crippen molar-refractivity contribution in [2.75, 3.05) is 19.6 Å². The predicted octanol–water partition coefficient (Wildman–Crippen LogP) is 2.20. The van der Waals surface area contributed by atoms with E-state index in [0.29, 0.717) is 19.6 Å². The molecule has 114 valence electrons. The highest BCUT2D eigenvalue weighted by Gasteiger charge is 2.31. The van der Waals surface area contributed by atoms with Crippen LogP contribution in [0.4, 0.5) is 4.79 Å². The molecule has 2 aromatic rings. The Labute approximate surface area is 127 Å². The highest BCUT2D eigenvalue weighted by molar-refractivity contribution is 5.91. The van der Waals surface area contributed by atoms with Gasteiger partial charge in [-0.3, -0.25) is 4.79 Å². The van der Waals surface area contributed by atoms with Gasteiger partial charge in [0, 0.05) is 13.1 Å². The molecule has 0 bridgehead atoms. The molecule has 0 spiro atoms. The van der Waals surface area contributed by atoms with Crippen molar-refractivity contribution >= 4 is 12.0 Å². The van der Waals surface area contributed by atoms with Crippen LogP contribution in [0.3, 0.4) is 0 Å². The van der Waals surface area contributed by atoms with Crippen LogP contribution < -0.4 is 5.32 Å². The van der Waals surface area contributed by atoms with E-state index in [2.05, 4.69) is 5.32 Å². The number of ether oxygens (including phenoxy) is 1. The van der Waals surface area contributed by atoms with E-state index in [9.17, 15) is 9.59 Å². The molecule has 6 nitrogen and oxygen atoms in total. The first-order chi connectivity index (χ1) is 10.7. The Morgan fingerprint density at radius 3 is 2.77 bits per heavy atom. The van der Waals surface area contributed by atoms with E-state index >= 15 is 0 Å². The minimum atomic E-state index is -0.360. The van der Waals surface area contributed by atoms with Crippen molar-refractivity contribution in [3.63, 3.8) is 0 Å². The summed E-state index contributed by atoms with van der Waals surface area (Å²) >= 11 is 0. The molecule has 1 unspecified atom stereocenters. The number of hydrogen-bond acceptors (Lipinski definition) is 4. The lowest BCUT2D eigenvalue weighted by atomic mass is 10.1. The third kappa shape index (κ3) is 3.11. The quantitative estimate of drug-likeness (QED) is 0.919. The van der Waals surface area contributed by atoms with Crippen molar-refractivity contribution in [2.45, 2.75) is 6.10 Å². The fourth-order valence-corrected chi connectivity index (χ4v) is 2.33. The maximum atomic E-state index is 11.8. The van der Waals surface area contributed by atoms with Crippen molar-refractivity contribution in [1.29, 1.82) is 0 Å².